The van der Waals surface area contributed by atoms with Crippen LogP contribution in [0.3, 0.4) is 0 Å². The maximum Gasteiger partial charge on any atom is 0.0674 e. The Morgan fingerprint density at radius 2 is 1.94 bits per heavy atom. The molecule has 0 aromatic rings. The molecule has 1 fully saturated rings. The molecule has 96 valence electrons. The fourth-order valence-electron chi connectivity index (χ4n) is 2.82. The molecule has 1 heterocycles. The number of ether oxygens (including phenoxy) is 1. The summed E-state index contributed by atoms with van der Waals surface area (Å²) in [6, 6.07) is 1.03. The molecule has 0 amide bonds. The van der Waals surface area contributed by atoms with Crippen LogP contribution in [0.2, 0.25) is 0 Å². The van der Waals surface area contributed by atoms with Crippen molar-refractivity contribution in [1.82, 2.24) is 4.90 Å². The first-order chi connectivity index (χ1) is 7.63. The minimum absolute atomic E-state index is 0.347. The molecule has 3 heteroatoms. The fourth-order valence-corrected chi connectivity index (χ4v) is 2.82. The lowest BCUT2D eigenvalue weighted by atomic mass is 9.91. The van der Waals surface area contributed by atoms with Crippen LogP contribution in [-0.4, -0.2) is 42.8 Å². The molecule has 1 aliphatic heterocycles. The molecule has 1 saturated heterocycles. The number of hydrogen-bond donors (Lipinski definition) is 1. The number of rotatable bonds is 5. The van der Waals surface area contributed by atoms with Gasteiger partial charge in [0.1, 0.15) is 0 Å². The predicted octanol–water partition coefficient (Wildman–Crippen LogP) is 1.86. The zero-order chi connectivity index (χ0) is 12.1. The Balaban J connectivity index is 2.68. The van der Waals surface area contributed by atoms with Gasteiger partial charge in [0.15, 0.2) is 0 Å². The van der Waals surface area contributed by atoms with Crippen molar-refractivity contribution in [1.29, 1.82) is 0 Å². The van der Waals surface area contributed by atoms with Gasteiger partial charge in [0.2, 0.25) is 0 Å². The summed E-state index contributed by atoms with van der Waals surface area (Å²) in [7, 11) is 0. The molecule has 0 saturated carbocycles. The van der Waals surface area contributed by atoms with Gasteiger partial charge < -0.3 is 10.5 Å². The monoisotopic (exact) mass is 228 g/mol. The molecule has 0 spiro atoms. The Labute approximate surface area is 100 Å². The second-order valence-corrected chi connectivity index (χ2v) is 5.07. The van der Waals surface area contributed by atoms with Gasteiger partial charge in [-0.15, -0.1) is 0 Å². The smallest absolute Gasteiger partial charge is 0.0674 e. The van der Waals surface area contributed by atoms with E-state index in [1.165, 1.54) is 12.8 Å². The van der Waals surface area contributed by atoms with Crippen LogP contribution in [-0.2, 0) is 4.74 Å². The largest absolute Gasteiger partial charge is 0.376 e. The summed E-state index contributed by atoms with van der Waals surface area (Å²) in [5.74, 6) is 0.720. The second-order valence-electron chi connectivity index (χ2n) is 5.07. The number of morpholine rings is 1. The van der Waals surface area contributed by atoms with Crippen LogP contribution < -0.4 is 5.73 Å². The van der Waals surface area contributed by atoms with Crippen molar-refractivity contribution in [3.05, 3.63) is 0 Å². The summed E-state index contributed by atoms with van der Waals surface area (Å²) >= 11 is 0. The van der Waals surface area contributed by atoms with Gasteiger partial charge in [-0.05, 0) is 19.8 Å². The van der Waals surface area contributed by atoms with Crippen molar-refractivity contribution in [2.75, 3.05) is 19.7 Å². The number of hydrogen-bond acceptors (Lipinski definition) is 3. The first-order valence-electron chi connectivity index (χ1n) is 6.71. The lowest BCUT2D eigenvalue weighted by molar-refractivity contribution is -0.0740. The van der Waals surface area contributed by atoms with Gasteiger partial charge in [0, 0.05) is 25.2 Å². The van der Waals surface area contributed by atoms with E-state index in [-0.39, 0.29) is 0 Å². The number of nitrogens with zero attached hydrogens (tertiary/aromatic N) is 1. The van der Waals surface area contributed by atoms with Crippen LogP contribution in [0, 0.1) is 5.92 Å². The van der Waals surface area contributed by atoms with Crippen LogP contribution in [0.1, 0.15) is 40.5 Å². The summed E-state index contributed by atoms with van der Waals surface area (Å²) < 4.78 is 5.68. The highest BCUT2D eigenvalue weighted by atomic mass is 16.5. The topological polar surface area (TPSA) is 38.5 Å². The molecule has 1 rings (SSSR count). The molecule has 3 unspecified atom stereocenters. The Kier molecular flexibility index (Phi) is 5.73. The van der Waals surface area contributed by atoms with Crippen molar-refractivity contribution in [3.63, 3.8) is 0 Å². The van der Waals surface area contributed by atoms with Gasteiger partial charge in [-0.1, -0.05) is 26.7 Å². The molecular weight excluding hydrogens is 200 g/mol. The summed E-state index contributed by atoms with van der Waals surface area (Å²) in [4.78, 5) is 2.56. The molecule has 1 aliphatic rings. The van der Waals surface area contributed by atoms with Crippen LogP contribution >= 0.6 is 0 Å². The third kappa shape index (κ3) is 3.19. The highest BCUT2D eigenvalue weighted by molar-refractivity contribution is 4.86. The molecule has 0 aromatic heterocycles. The van der Waals surface area contributed by atoms with Gasteiger partial charge in [0.25, 0.3) is 0 Å². The summed E-state index contributed by atoms with van der Waals surface area (Å²) in [6.07, 6.45) is 2.79. The van der Waals surface area contributed by atoms with Crippen molar-refractivity contribution >= 4 is 0 Å². The molecule has 3 nitrogen and oxygen atoms in total. The second kappa shape index (κ2) is 6.58. The first-order valence-corrected chi connectivity index (χ1v) is 6.71. The summed E-state index contributed by atoms with van der Waals surface area (Å²) in [5, 5.41) is 0. The lowest BCUT2D eigenvalue weighted by Gasteiger charge is -2.44. The van der Waals surface area contributed by atoms with Gasteiger partial charge in [-0.3, -0.25) is 4.90 Å². The zero-order valence-electron chi connectivity index (χ0n) is 11.3. The lowest BCUT2D eigenvalue weighted by Crippen LogP contribution is -2.56. The standard InChI is InChI=1S/C13H28N2O/c1-5-12(6-2)13(7-14)15-8-11(4)16-9-10(15)3/h10-13H,5-9,14H2,1-4H3. The van der Waals surface area contributed by atoms with E-state index in [0.717, 1.165) is 25.6 Å². The van der Waals surface area contributed by atoms with Crippen LogP contribution in [0.25, 0.3) is 0 Å². The number of nitrogens with two attached hydrogens (primary N) is 1. The first kappa shape index (κ1) is 13.9. The molecule has 0 aliphatic carbocycles. The maximum absolute atomic E-state index is 5.98. The predicted molar refractivity (Wildman–Crippen MR) is 68.5 cm³/mol. The van der Waals surface area contributed by atoms with Crippen LogP contribution in [0.4, 0.5) is 0 Å². The van der Waals surface area contributed by atoms with Gasteiger partial charge in [-0.2, -0.15) is 0 Å². The van der Waals surface area contributed by atoms with E-state index in [4.69, 9.17) is 10.5 Å². The highest BCUT2D eigenvalue weighted by Crippen LogP contribution is 2.23. The normalized spacial score (nSPS) is 29.6. The van der Waals surface area contributed by atoms with Crippen LogP contribution in [0.5, 0.6) is 0 Å². The molecule has 0 aromatic carbocycles. The van der Waals surface area contributed by atoms with Gasteiger partial charge in [0.05, 0.1) is 12.7 Å². The molecule has 3 atom stereocenters. The fraction of sp³-hybridized carbons (Fsp3) is 1.00. The minimum Gasteiger partial charge on any atom is -0.376 e. The van der Waals surface area contributed by atoms with E-state index < -0.39 is 0 Å². The van der Waals surface area contributed by atoms with E-state index in [1.807, 2.05) is 0 Å². The SMILES string of the molecule is CCC(CC)C(CN)N1CC(C)OCC1C. The van der Waals surface area contributed by atoms with E-state index in [1.54, 1.807) is 0 Å². The molecule has 0 radical (unpaired) electrons. The Hall–Kier alpha value is -0.120. The van der Waals surface area contributed by atoms with E-state index in [2.05, 4.69) is 32.6 Å². The highest BCUT2D eigenvalue weighted by Gasteiger charge is 2.32. The molecular formula is C13H28N2O. The minimum atomic E-state index is 0.347. The van der Waals surface area contributed by atoms with E-state index in [0.29, 0.717) is 18.2 Å². The zero-order valence-corrected chi connectivity index (χ0v) is 11.3. The summed E-state index contributed by atoms with van der Waals surface area (Å²) in [6.45, 7) is 11.6. The third-order valence-electron chi connectivity index (χ3n) is 3.92. The van der Waals surface area contributed by atoms with Crippen molar-refractivity contribution in [2.45, 2.75) is 58.7 Å². The van der Waals surface area contributed by atoms with Gasteiger partial charge >= 0.3 is 0 Å². The van der Waals surface area contributed by atoms with Crippen LogP contribution in [0.15, 0.2) is 0 Å². The average molecular weight is 228 g/mol. The van der Waals surface area contributed by atoms with E-state index in [9.17, 15) is 0 Å². The quantitative estimate of drug-likeness (QED) is 0.780. The molecule has 0 bridgehead atoms. The molecule has 16 heavy (non-hydrogen) atoms. The van der Waals surface area contributed by atoms with Gasteiger partial charge in [-0.25, -0.2) is 0 Å². The average Bonchev–Trinajstić information content (AvgIpc) is 2.29. The van der Waals surface area contributed by atoms with E-state index >= 15 is 0 Å². The summed E-state index contributed by atoms with van der Waals surface area (Å²) in [5.41, 5.74) is 5.98. The van der Waals surface area contributed by atoms with Crippen molar-refractivity contribution < 1.29 is 4.74 Å². The maximum atomic E-state index is 5.98. The molecule has 2 N–H and O–H groups in total. The Morgan fingerprint density at radius 1 is 1.31 bits per heavy atom. The Morgan fingerprint density at radius 3 is 2.44 bits per heavy atom. The third-order valence-corrected chi connectivity index (χ3v) is 3.92. The van der Waals surface area contributed by atoms with Crippen molar-refractivity contribution in [3.8, 4) is 0 Å². The van der Waals surface area contributed by atoms with Crippen molar-refractivity contribution in [2.24, 2.45) is 11.7 Å². The Bertz CT molecular complexity index is 194.